The Balaban J connectivity index is 1.92. The van der Waals surface area contributed by atoms with E-state index in [4.69, 9.17) is 4.42 Å². The van der Waals surface area contributed by atoms with Crippen molar-refractivity contribution in [2.45, 2.75) is 6.92 Å². The molecule has 20 heavy (non-hydrogen) atoms. The standard InChI is InChI=1S/C16H12N2O2/c1-11(19)12-7-9-14(10-8-12)16-18-17-15(20-16)13-5-3-2-4-6-13/h2-10H,1H3. The van der Waals surface area contributed by atoms with E-state index in [-0.39, 0.29) is 5.78 Å². The smallest absolute Gasteiger partial charge is 0.248 e. The number of nitrogens with zero attached hydrogens (tertiary/aromatic N) is 2. The van der Waals surface area contributed by atoms with E-state index in [0.717, 1.165) is 11.1 Å². The van der Waals surface area contributed by atoms with E-state index in [1.54, 1.807) is 24.3 Å². The van der Waals surface area contributed by atoms with Crippen molar-refractivity contribution in [3.63, 3.8) is 0 Å². The van der Waals surface area contributed by atoms with Gasteiger partial charge in [-0.2, -0.15) is 0 Å². The molecule has 0 radical (unpaired) electrons. The van der Waals surface area contributed by atoms with E-state index < -0.39 is 0 Å². The fourth-order valence-corrected chi connectivity index (χ4v) is 1.88. The molecule has 3 rings (SSSR count). The Labute approximate surface area is 116 Å². The van der Waals surface area contributed by atoms with Gasteiger partial charge in [0.05, 0.1) is 0 Å². The van der Waals surface area contributed by atoms with Gasteiger partial charge in [-0.05, 0) is 31.2 Å². The summed E-state index contributed by atoms with van der Waals surface area (Å²) in [6.45, 7) is 1.54. The molecule has 0 fully saturated rings. The molecular weight excluding hydrogens is 252 g/mol. The van der Waals surface area contributed by atoms with Crippen LogP contribution in [0.4, 0.5) is 0 Å². The zero-order valence-corrected chi connectivity index (χ0v) is 10.9. The number of aromatic nitrogens is 2. The van der Waals surface area contributed by atoms with Gasteiger partial charge in [0.25, 0.3) is 0 Å². The van der Waals surface area contributed by atoms with Gasteiger partial charge in [-0.15, -0.1) is 10.2 Å². The summed E-state index contributed by atoms with van der Waals surface area (Å²) < 4.78 is 5.65. The van der Waals surface area contributed by atoms with Crippen LogP contribution >= 0.6 is 0 Å². The first kappa shape index (κ1) is 12.3. The Bertz CT molecular complexity index is 731. The van der Waals surface area contributed by atoms with E-state index in [1.165, 1.54) is 6.92 Å². The molecule has 0 aliphatic rings. The van der Waals surface area contributed by atoms with Crippen molar-refractivity contribution in [3.05, 3.63) is 60.2 Å². The third kappa shape index (κ3) is 2.36. The molecule has 0 amide bonds. The SMILES string of the molecule is CC(=O)c1ccc(-c2nnc(-c3ccccc3)o2)cc1. The summed E-state index contributed by atoms with van der Waals surface area (Å²) in [4.78, 5) is 11.2. The van der Waals surface area contributed by atoms with Crippen molar-refractivity contribution in [1.82, 2.24) is 10.2 Å². The number of carbonyl (C=O) groups is 1. The van der Waals surface area contributed by atoms with Gasteiger partial charge in [-0.1, -0.05) is 30.3 Å². The number of rotatable bonds is 3. The zero-order valence-electron chi connectivity index (χ0n) is 10.9. The lowest BCUT2D eigenvalue weighted by Crippen LogP contribution is -1.90. The monoisotopic (exact) mass is 264 g/mol. The van der Waals surface area contributed by atoms with Crippen LogP contribution in [0.2, 0.25) is 0 Å². The number of Topliss-reactive ketones (excluding diaryl/α,β-unsaturated/α-hetero) is 1. The molecule has 0 N–H and O–H groups in total. The summed E-state index contributed by atoms with van der Waals surface area (Å²) in [6, 6.07) is 16.7. The number of benzene rings is 2. The Morgan fingerprint density at radius 1 is 0.850 bits per heavy atom. The summed E-state index contributed by atoms with van der Waals surface area (Å²) in [5.41, 5.74) is 2.34. The molecule has 0 atom stereocenters. The van der Waals surface area contributed by atoms with Crippen molar-refractivity contribution in [2.24, 2.45) is 0 Å². The van der Waals surface area contributed by atoms with Crippen molar-refractivity contribution in [2.75, 3.05) is 0 Å². The first-order valence-electron chi connectivity index (χ1n) is 6.24. The molecule has 98 valence electrons. The maximum absolute atomic E-state index is 11.2. The second-order valence-electron chi connectivity index (χ2n) is 4.41. The number of hydrogen-bond acceptors (Lipinski definition) is 4. The second-order valence-corrected chi connectivity index (χ2v) is 4.41. The summed E-state index contributed by atoms with van der Waals surface area (Å²) >= 11 is 0. The minimum Gasteiger partial charge on any atom is -0.416 e. The van der Waals surface area contributed by atoms with Crippen LogP contribution in [0, 0.1) is 0 Å². The summed E-state index contributed by atoms with van der Waals surface area (Å²) in [5.74, 6) is 0.960. The highest BCUT2D eigenvalue weighted by Crippen LogP contribution is 2.23. The quantitative estimate of drug-likeness (QED) is 0.678. The van der Waals surface area contributed by atoms with Gasteiger partial charge >= 0.3 is 0 Å². The lowest BCUT2D eigenvalue weighted by Gasteiger charge is -1.97. The molecule has 0 bridgehead atoms. The Kier molecular flexibility index (Phi) is 3.13. The molecule has 2 aromatic carbocycles. The van der Waals surface area contributed by atoms with E-state index in [9.17, 15) is 4.79 Å². The van der Waals surface area contributed by atoms with Gasteiger partial charge < -0.3 is 4.42 Å². The predicted octanol–water partition coefficient (Wildman–Crippen LogP) is 3.61. The predicted molar refractivity (Wildman–Crippen MR) is 75.2 cm³/mol. The highest BCUT2D eigenvalue weighted by Gasteiger charge is 2.10. The number of hydrogen-bond donors (Lipinski definition) is 0. The van der Waals surface area contributed by atoms with Gasteiger partial charge in [-0.3, -0.25) is 4.79 Å². The van der Waals surface area contributed by atoms with Crippen molar-refractivity contribution < 1.29 is 9.21 Å². The fraction of sp³-hybridized carbons (Fsp3) is 0.0625. The minimum absolute atomic E-state index is 0.0343. The van der Waals surface area contributed by atoms with E-state index in [0.29, 0.717) is 17.3 Å². The van der Waals surface area contributed by atoms with Crippen LogP contribution in [0.15, 0.2) is 59.0 Å². The van der Waals surface area contributed by atoms with Crippen LogP contribution in [-0.4, -0.2) is 16.0 Å². The van der Waals surface area contributed by atoms with Crippen LogP contribution in [0.1, 0.15) is 17.3 Å². The van der Waals surface area contributed by atoms with E-state index in [2.05, 4.69) is 10.2 Å². The molecule has 0 aliphatic heterocycles. The minimum atomic E-state index is 0.0343. The molecule has 0 saturated heterocycles. The maximum atomic E-state index is 11.2. The van der Waals surface area contributed by atoms with E-state index in [1.807, 2.05) is 30.3 Å². The van der Waals surface area contributed by atoms with Crippen LogP contribution in [0.3, 0.4) is 0 Å². The van der Waals surface area contributed by atoms with Crippen LogP contribution in [0.25, 0.3) is 22.9 Å². The molecule has 0 aliphatic carbocycles. The van der Waals surface area contributed by atoms with Gasteiger partial charge in [0.15, 0.2) is 5.78 Å². The Morgan fingerprint density at radius 3 is 1.95 bits per heavy atom. The second kappa shape index (κ2) is 5.09. The van der Waals surface area contributed by atoms with Crippen LogP contribution in [-0.2, 0) is 0 Å². The lowest BCUT2D eigenvalue weighted by molar-refractivity contribution is 0.101. The lowest BCUT2D eigenvalue weighted by atomic mass is 10.1. The molecule has 1 heterocycles. The zero-order chi connectivity index (χ0) is 13.9. The number of carbonyl (C=O) groups excluding carboxylic acids is 1. The molecule has 1 aromatic heterocycles. The normalized spacial score (nSPS) is 10.4. The van der Waals surface area contributed by atoms with Gasteiger partial charge in [0.1, 0.15) is 0 Å². The van der Waals surface area contributed by atoms with Crippen LogP contribution in [0.5, 0.6) is 0 Å². The third-order valence-corrected chi connectivity index (χ3v) is 2.98. The summed E-state index contributed by atoms with van der Waals surface area (Å²) in [7, 11) is 0. The van der Waals surface area contributed by atoms with Crippen molar-refractivity contribution >= 4 is 5.78 Å². The topological polar surface area (TPSA) is 56.0 Å². The van der Waals surface area contributed by atoms with E-state index >= 15 is 0 Å². The van der Waals surface area contributed by atoms with Gasteiger partial charge in [0, 0.05) is 16.7 Å². The van der Waals surface area contributed by atoms with Gasteiger partial charge in [0.2, 0.25) is 11.8 Å². The molecule has 4 heteroatoms. The molecule has 3 aromatic rings. The third-order valence-electron chi connectivity index (χ3n) is 2.98. The summed E-state index contributed by atoms with van der Waals surface area (Å²) in [6.07, 6.45) is 0. The first-order chi connectivity index (χ1) is 9.74. The first-order valence-corrected chi connectivity index (χ1v) is 6.24. The fourth-order valence-electron chi connectivity index (χ4n) is 1.88. The number of ketones is 1. The molecule has 4 nitrogen and oxygen atoms in total. The molecule has 0 saturated carbocycles. The highest BCUT2D eigenvalue weighted by molar-refractivity contribution is 5.94. The average Bonchev–Trinajstić information content (AvgIpc) is 2.98. The largest absolute Gasteiger partial charge is 0.416 e. The highest BCUT2D eigenvalue weighted by atomic mass is 16.4. The van der Waals surface area contributed by atoms with Crippen molar-refractivity contribution in [3.8, 4) is 22.9 Å². The van der Waals surface area contributed by atoms with Crippen LogP contribution < -0.4 is 0 Å². The summed E-state index contributed by atoms with van der Waals surface area (Å²) in [5, 5.41) is 8.07. The molecule has 0 unspecified atom stereocenters. The Morgan fingerprint density at radius 2 is 1.40 bits per heavy atom. The molecule has 0 spiro atoms. The Hall–Kier alpha value is -2.75. The maximum Gasteiger partial charge on any atom is 0.248 e. The van der Waals surface area contributed by atoms with Crippen molar-refractivity contribution in [1.29, 1.82) is 0 Å². The average molecular weight is 264 g/mol. The molecular formula is C16H12N2O2. The van der Waals surface area contributed by atoms with Gasteiger partial charge in [-0.25, -0.2) is 0 Å².